The summed E-state index contributed by atoms with van der Waals surface area (Å²) in [5, 5.41) is 5.99. The molecule has 2 amide bonds. The third kappa shape index (κ3) is 5.85. The molecule has 0 aliphatic carbocycles. The first-order valence-corrected chi connectivity index (χ1v) is 11.3. The van der Waals surface area contributed by atoms with E-state index in [0.29, 0.717) is 30.6 Å². The van der Waals surface area contributed by atoms with E-state index in [1.807, 2.05) is 42.5 Å². The molecule has 4 rings (SSSR count). The normalized spacial score (nSPS) is 18.2. The topological polar surface area (TPSA) is 70.7 Å². The largest absolute Gasteiger partial charge is 0.376 e. The number of aryl methyl sites for hydroxylation is 1. The van der Waals surface area contributed by atoms with Crippen LogP contribution in [0.3, 0.4) is 0 Å². The minimum Gasteiger partial charge on any atom is -0.376 e. The van der Waals surface area contributed by atoms with E-state index in [-0.39, 0.29) is 17.9 Å². The standard InChI is InChI=1S/C25H31N3O3/c29-24(13-10-19-7-2-1-3-8-19)27-20-11-12-23(28-14-4-5-15-28)22(17-20)25(30)26-18-21-9-6-16-31-21/h1-3,7-8,11-12,17,21H,4-6,9-10,13-16,18H2,(H,26,30)(H,27,29). The van der Waals surface area contributed by atoms with Crippen molar-refractivity contribution in [2.75, 3.05) is 36.5 Å². The minimum absolute atomic E-state index is 0.0523. The van der Waals surface area contributed by atoms with Gasteiger partial charge in [0, 0.05) is 44.0 Å². The number of carbonyl (C=O) groups is 2. The number of ether oxygens (including phenoxy) is 1. The molecular formula is C25H31N3O3. The molecule has 2 heterocycles. The van der Waals surface area contributed by atoms with Crippen LogP contribution in [0, 0.1) is 0 Å². The number of hydrogen-bond donors (Lipinski definition) is 2. The Kier molecular flexibility index (Phi) is 7.20. The van der Waals surface area contributed by atoms with Crippen LogP contribution >= 0.6 is 0 Å². The summed E-state index contributed by atoms with van der Waals surface area (Å²) in [6.07, 6.45) is 5.48. The molecule has 6 heteroatoms. The van der Waals surface area contributed by atoms with E-state index in [4.69, 9.17) is 4.74 Å². The van der Waals surface area contributed by atoms with Gasteiger partial charge in [0.15, 0.2) is 0 Å². The molecule has 0 aromatic heterocycles. The van der Waals surface area contributed by atoms with Gasteiger partial charge in [-0.3, -0.25) is 9.59 Å². The summed E-state index contributed by atoms with van der Waals surface area (Å²) in [4.78, 5) is 27.7. The lowest BCUT2D eigenvalue weighted by atomic mass is 10.1. The van der Waals surface area contributed by atoms with E-state index in [2.05, 4.69) is 15.5 Å². The summed E-state index contributed by atoms with van der Waals surface area (Å²) in [7, 11) is 0. The summed E-state index contributed by atoms with van der Waals surface area (Å²) in [6.45, 7) is 3.19. The van der Waals surface area contributed by atoms with Gasteiger partial charge in [0.05, 0.1) is 11.7 Å². The van der Waals surface area contributed by atoms with Crippen LogP contribution in [0.5, 0.6) is 0 Å². The molecule has 1 atom stereocenters. The number of benzene rings is 2. The van der Waals surface area contributed by atoms with Crippen molar-refractivity contribution >= 4 is 23.2 Å². The van der Waals surface area contributed by atoms with Crippen LogP contribution in [0.25, 0.3) is 0 Å². The highest BCUT2D eigenvalue weighted by Crippen LogP contribution is 2.28. The average molecular weight is 422 g/mol. The molecule has 0 saturated carbocycles. The van der Waals surface area contributed by atoms with Crippen molar-refractivity contribution < 1.29 is 14.3 Å². The second kappa shape index (κ2) is 10.4. The van der Waals surface area contributed by atoms with Crippen LogP contribution < -0.4 is 15.5 Å². The van der Waals surface area contributed by atoms with Crippen molar-refractivity contribution in [1.82, 2.24) is 5.32 Å². The molecular weight excluding hydrogens is 390 g/mol. The Morgan fingerprint density at radius 2 is 1.84 bits per heavy atom. The molecule has 2 fully saturated rings. The minimum atomic E-state index is -0.113. The maximum Gasteiger partial charge on any atom is 0.253 e. The number of rotatable bonds is 8. The lowest BCUT2D eigenvalue weighted by molar-refractivity contribution is -0.116. The fourth-order valence-corrected chi connectivity index (χ4v) is 4.26. The summed E-state index contributed by atoms with van der Waals surface area (Å²) in [5.41, 5.74) is 3.34. The molecule has 2 aliphatic rings. The first kappa shape index (κ1) is 21.4. The molecule has 2 N–H and O–H groups in total. The van der Waals surface area contributed by atoms with Gasteiger partial charge in [-0.05, 0) is 55.9 Å². The zero-order valence-electron chi connectivity index (χ0n) is 17.9. The molecule has 6 nitrogen and oxygen atoms in total. The lowest BCUT2D eigenvalue weighted by Crippen LogP contribution is -2.33. The van der Waals surface area contributed by atoms with Gasteiger partial charge in [0.2, 0.25) is 5.91 Å². The number of hydrogen-bond acceptors (Lipinski definition) is 4. The van der Waals surface area contributed by atoms with E-state index in [9.17, 15) is 9.59 Å². The fraction of sp³-hybridized carbons (Fsp3) is 0.440. The van der Waals surface area contributed by atoms with E-state index >= 15 is 0 Å². The van der Waals surface area contributed by atoms with Crippen LogP contribution in [0.1, 0.15) is 48.0 Å². The van der Waals surface area contributed by atoms with Crippen LogP contribution in [0.15, 0.2) is 48.5 Å². The summed E-state index contributed by atoms with van der Waals surface area (Å²) in [6, 6.07) is 15.6. The Morgan fingerprint density at radius 1 is 1.03 bits per heavy atom. The van der Waals surface area contributed by atoms with Crippen molar-refractivity contribution in [3.63, 3.8) is 0 Å². The zero-order chi connectivity index (χ0) is 21.5. The predicted octanol–water partition coefficient (Wildman–Crippen LogP) is 3.77. The number of anilines is 2. The van der Waals surface area contributed by atoms with Gasteiger partial charge in [0.25, 0.3) is 5.91 Å². The van der Waals surface area contributed by atoms with Crippen LogP contribution in [-0.4, -0.2) is 44.2 Å². The second-order valence-electron chi connectivity index (χ2n) is 8.30. The van der Waals surface area contributed by atoms with Gasteiger partial charge in [0.1, 0.15) is 0 Å². The Balaban J connectivity index is 1.43. The van der Waals surface area contributed by atoms with Gasteiger partial charge in [-0.1, -0.05) is 30.3 Å². The molecule has 0 spiro atoms. The third-order valence-corrected chi connectivity index (χ3v) is 5.97. The van der Waals surface area contributed by atoms with E-state index in [0.717, 1.165) is 56.6 Å². The molecule has 31 heavy (non-hydrogen) atoms. The Hall–Kier alpha value is -2.86. The highest BCUT2D eigenvalue weighted by Gasteiger charge is 2.22. The van der Waals surface area contributed by atoms with Crippen LogP contribution in [0.2, 0.25) is 0 Å². The quantitative estimate of drug-likeness (QED) is 0.681. The lowest BCUT2D eigenvalue weighted by Gasteiger charge is -2.22. The van der Waals surface area contributed by atoms with Gasteiger partial charge in [-0.25, -0.2) is 0 Å². The van der Waals surface area contributed by atoms with Crippen molar-refractivity contribution in [1.29, 1.82) is 0 Å². The first-order chi connectivity index (χ1) is 15.2. The van der Waals surface area contributed by atoms with Gasteiger partial charge in [-0.2, -0.15) is 0 Å². The molecule has 2 aliphatic heterocycles. The SMILES string of the molecule is O=C(CCc1ccccc1)Nc1ccc(N2CCCC2)c(C(=O)NCC2CCCO2)c1. The number of nitrogens with one attached hydrogen (secondary N) is 2. The van der Waals surface area contributed by atoms with Crippen molar-refractivity contribution in [3.05, 3.63) is 59.7 Å². The maximum absolute atomic E-state index is 13.0. The van der Waals surface area contributed by atoms with E-state index in [1.54, 1.807) is 6.07 Å². The molecule has 0 radical (unpaired) electrons. The number of amides is 2. The van der Waals surface area contributed by atoms with Crippen molar-refractivity contribution in [2.24, 2.45) is 0 Å². The third-order valence-electron chi connectivity index (χ3n) is 5.97. The second-order valence-corrected chi connectivity index (χ2v) is 8.30. The van der Waals surface area contributed by atoms with Gasteiger partial charge < -0.3 is 20.3 Å². The Bertz CT molecular complexity index is 888. The van der Waals surface area contributed by atoms with Crippen molar-refractivity contribution in [2.45, 2.75) is 44.6 Å². The molecule has 1 unspecified atom stereocenters. The van der Waals surface area contributed by atoms with Gasteiger partial charge in [-0.15, -0.1) is 0 Å². The Labute approximate surface area is 184 Å². The first-order valence-electron chi connectivity index (χ1n) is 11.3. The Morgan fingerprint density at radius 3 is 2.58 bits per heavy atom. The van der Waals surface area contributed by atoms with E-state index < -0.39 is 0 Å². The summed E-state index contributed by atoms with van der Waals surface area (Å²) < 4.78 is 5.63. The zero-order valence-corrected chi connectivity index (χ0v) is 17.9. The fourth-order valence-electron chi connectivity index (χ4n) is 4.26. The highest BCUT2D eigenvalue weighted by molar-refractivity contribution is 6.02. The molecule has 2 aromatic carbocycles. The predicted molar refractivity (Wildman–Crippen MR) is 123 cm³/mol. The van der Waals surface area contributed by atoms with E-state index in [1.165, 1.54) is 0 Å². The average Bonchev–Trinajstić information content (AvgIpc) is 3.51. The molecule has 164 valence electrons. The smallest absolute Gasteiger partial charge is 0.253 e. The van der Waals surface area contributed by atoms with Gasteiger partial charge >= 0.3 is 0 Å². The molecule has 2 aromatic rings. The maximum atomic E-state index is 13.0. The molecule has 2 saturated heterocycles. The van der Waals surface area contributed by atoms with Crippen LogP contribution in [-0.2, 0) is 16.0 Å². The highest BCUT2D eigenvalue weighted by atomic mass is 16.5. The summed E-state index contributed by atoms with van der Waals surface area (Å²) >= 11 is 0. The molecule has 0 bridgehead atoms. The summed E-state index contributed by atoms with van der Waals surface area (Å²) in [5.74, 6) is -0.165. The monoisotopic (exact) mass is 421 g/mol. The number of carbonyl (C=O) groups excluding carboxylic acids is 2. The van der Waals surface area contributed by atoms with Crippen LogP contribution in [0.4, 0.5) is 11.4 Å². The number of nitrogens with zero attached hydrogens (tertiary/aromatic N) is 1. The van der Waals surface area contributed by atoms with Crippen molar-refractivity contribution in [3.8, 4) is 0 Å².